The van der Waals surface area contributed by atoms with Crippen LogP contribution in [0.2, 0.25) is 0 Å². The number of ether oxygens (including phenoxy) is 2. The van der Waals surface area contributed by atoms with Gasteiger partial charge in [-0.1, -0.05) is 64.1 Å². The van der Waals surface area contributed by atoms with Crippen LogP contribution in [0.15, 0.2) is 107 Å². The van der Waals surface area contributed by atoms with E-state index in [4.69, 9.17) is 15.2 Å². The van der Waals surface area contributed by atoms with E-state index in [-0.39, 0.29) is 26.2 Å². The molecule has 216 valence electrons. The average molecular weight is 572 g/mol. The van der Waals surface area contributed by atoms with Crippen molar-refractivity contribution in [3.63, 3.8) is 0 Å². The van der Waals surface area contributed by atoms with E-state index in [1.807, 2.05) is 69.3 Å². The molecule has 4 rings (SSSR count). The largest absolute Gasteiger partial charge is 0.488 e. The smallest absolute Gasteiger partial charge is 0.206 e. The average Bonchev–Trinajstić information content (AvgIpc) is 2.92. The molecule has 2 N–H and O–H groups in total. The van der Waals surface area contributed by atoms with Crippen LogP contribution < -0.4 is 15.2 Å². The van der Waals surface area contributed by atoms with Crippen LogP contribution in [0.1, 0.15) is 65.2 Å². The van der Waals surface area contributed by atoms with E-state index in [9.17, 15) is 8.42 Å². The number of nitrogens with two attached hydrogens (primary N) is 1. The maximum atomic E-state index is 13.2. The molecule has 0 heterocycles. The van der Waals surface area contributed by atoms with E-state index in [1.54, 1.807) is 36.4 Å². The van der Waals surface area contributed by atoms with Gasteiger partial charge in [0, 0.05) is 12.0 Å². The van der Waals surface area contributed by atoms with Gasteiger partial charge in [-0.3, -0.25) is 0 Å². The first-order valence-corrected chi connectivity index (χ1v) is 15.3. The third kappa shape index (κ3) is 7.00. The fraction of sp³-hybridized carbons (Fsp3) is 0.314. The minimum atomic E-state index is -3.63. The Hall–Kier alpha value is -3.61. The molecule has 0 aliphatic rings. The van der Waals surface area contributed by atoms with Gasteiger partial charge >= 0.3 is 0 Å². The lowest BCUT2D eigenvalue weighted by atomic mass is 9.76. The Morgan fingerprint density at radius 2 is 0.927 bits per heavy atom. The quantitative estimate of drug-likeness (QED) is 0.231. The maximum absolute atomic E-state index is 13.2. The molecule has 1 atom stereocenters. The second kappa shape index (κ2) is 11.3. The van der Waals surface area contributed by atoms with Gasteiger partial charge in [-0.05, 0) is 104 Å². The highest BCUT2D eigenvalue weighted by molar-refractivity contribution is 7.91. The first kappa shape index (κ1) is 30.4. The summed E-state index contributed by atoms with van der Waals surface area (Å²) in [5.41, 5.74) is 8.83. The monoisotopic (exact) mass is 571 g/mol. The topological polar surface area (TPSA) is 78.6 Å². The third-order valence-corrected chi connectivity index (χ3v) is 9.00. The Morgan fingerprint density at radius 1 is 0.561 bits per heavy atom. The predicted octanol–water partition coefficient (Wildman–Crippen LogP) is 8.05. The molecule has 1 unspecified atom stereocenters. The third-order valence-electron chi connectivity index (χ3n) is 7.22. The lowest BCUT2D eigenvalue weighted by Crippen LogP contribution is -2.33. The molecule has 0 aliphatic heterocycles. The van der Waals surface area contributed by atoms with Crippen molar-refractivity contribution >= 4 is 9.84 Å². The Balaban J connectivity index is 1.47. The van der Waals surface area contributed by atoms with Crippen LogP contribution >= 0.6 is 0 Å². The molecule has 41 heavy (non-hydrogen) atoms. The summed E-state index contributed by atoms with van der Waals surface area (Å²) in [6, 6.07) is 29.5. The number of hydrogen-bond donors (Lipinski definition) is 1. The van der Waals surface area contributed by atoms with E-state index in [2.05, 4.69) is 39.8 Å². The van der Waals surface area contributed by atoms with Gasteiger partial charge < -0.3 is 15.2 Å². The van der Waals surface area contributed by atoms with Gasteiger partial charge in [0.25, 0.3) is 0 Å². The Bertz CT molecular complexity index is 1560. The first-order chi connectivity index (χ1) is 19.1. The highest BCUT2D eigenvalue weighted by Crippen LogP contribution is 2.35. The van der Waals surface area contributed by atoms with Crippen molar-refractivity contribution in [1.29, 1.82) is 0 Å². The Morgan fingerprint density at radius 3 is 1.32 bits per heavy atom. The summed E-state index contributed by atoms with van der Waals surface area (Å²) in [5.74, 6) is 2.02. The predicted molar refractivity (Wildman–Crippen MR) is 166 cm³/mol. The summed E-state index contributed by atoms with van der Waals surface area (Å²) in [6.45, 7) is 14.9. The van der Waals surface area contributed by atoms with Crippen molar-refractivity contribution in [2.24, 2.45) is 5.73 Å². The molecule has 0 amide bonds. The van der Waals surface area contributed by atoms with E-state index in [1.165, 1.54) is 0 Å². The molecule has 0 radical (unpaired) electrons. The van der Waals surface area contributed by atoms with Gasteiger partial charge in [0.15, 0.2) is 0 Å². The fourth-order valence-electron chi connectivity index (χ4n) is 4.63. The molecular weight excluding hydrogens is 530 g/mol. The fourth-order valence-corrected chi connectivity index (χ4v) is 5.89. The molecule has 5 nitrogen and oxygen atoms in total. The number of hydrogen-bond acceptors (Lipinski definition) is 5. The van der Waals surface area contributed by atoms with Crippen LogP contribution in [0.25, 0.3) is 0 Å². The van der Waals surface area contributed by atoms with Crippen LogP contribution in [0.5, 0.6) is 17.2 Å². The Labute approximate surface area is 245 Å². The summed E-state index contributed by atoms with van der Waals surface area (Å²) < 4.78 is 38.3. The summed E-state index contributed by atoms with van der Waals surface area (Å²) >= 11 is 0. The maximum Gasteiger partial charge on any atom is 0.206 e. The van der Waals surface area contributed by atoms with Crippen LogP contribution in [-0.4, -0.2) is 20.6 Å². The van der Waals surface area contributed by atoms with E-state index in [0.29, 0.717) is 18.0 Å². The zero-order chi connectivity index (χ0) is 30.1. The van der Waals surface area contributed by atoms with Crippen LogP contribution in [0.3, 0.4) is 0 Å². The van der Waals surface area contributed by atoms with Crippen LogP contribution in [0.4, 0.5) is 0 Å². The van der Waals surface area contributed by atoms with Gasteiger partial charge in [-0.25, -0.2) is 8.42 Å². The number of sulfone groups is 1. The standard InChI is InChI=1S/C35H41NO4S/c1-33(2,3)25-12-20-31(21-13-25)41(37,38)32-22-18-29(19-23-32)39-28-14-8-26(9-15-28)35(7,24-36)27-10-16-30(17-11-27)40-34(4,5)6/h8-23H,24,36H2,1-7H3. The first-order valence-electron chi connectivity index (χ1n) is 13.9. The number of benzene rings is 4. The van der Waals surface area contributed by atoms with Crippen molar-refractivity contribution in [1.82, 2.24) is 0 Å². The molecule has 6 heteroatoms. The van der Waals surface area contributed by atoms with Gasteiger partial charge in [0.1, 0.15) is 22.8 Å². The zero-order valence-electron chi connectivity index (χ0n) is 25.1. The van der Waals surface area contributed by atoms with Gasteiger partial charge in [-0.2, -0.15) is 0 Å². The lowest BCUT2D eigenvalue weighted by molar-refractivity contribution is 0.131. The molecule has 0 bridgehead atoms. The minimum absolute atomic E-state index is 0.0463. The molecule has 0 saturated carbocycles. The summed E-state index contributed by atoms with van der Waals surface area (Å²) in [7, 11) is -3.63. The van der Waals surface area contributed by atoms with Gasteiger partial charge in [0.2, 0.25) is 9.84 Å². The SMILES string of the molecule is CC(C)(C)Oc1ccc(C(C)(CN)c2ccc(Oc3ccc(S(=O)(=O)c4ccc(C(C)(C)C)cc4)cc3)cc2)cc1. The molecule has 4 aromatic rings. The van der Waals surface area contributed by atoms with E-state index >= 15 is 0 Å². The highest BCUT2D eigenvalue weighted by atomic mass is 32.2. The van der Waals surface area contributed by atoms with Crippen LogP contribution in [0, 0.1) is 0 Å². The zero-order valence-corrected chi connectivity index (χ0v) is 25.9. The second-order valence-electron chi connectivity index (χ2n) is 12.7. The van der Waals surface area contributed by atoms with Crippen molar-refractivity contribution in [2.75, 3.05) is 6.54 Å². The van der Waals surface area contributed by atoms with Crippen molar-refractivity contribution in [2.45, 2.75) is 74.7 Å². The molecule has 0 spiro atoms. The molecule has 0 saturated heterocycles. The number of rotatable bonds is 8. The van der Waals surface area contributed by atoms with Crippen molar-refractivity contribution in [3.8, 4) is 17.2 Å². The van der Waals surface area contributed by atoms with Crippen LogP contribution in [-0.2, 0) is 20.7 Å². The summed E-state index contributed by atoms with van der Waals surface area (Å²) in [6.07, 6.45) is 0. The second-order valence-corrected chi connectivity index (χ2v) is 14.6. The highest BCUT2D eigenvalue weighted by Gasteiger charge is 2.28. The lowest BCUT2D eigenvalue weighted by Gasteiger charge is -2.30. The van der Waals surface area contributed by atoms with Gasteiger partial charge in [-0.15, -0.1) is 0 Å². The van der Waals surface area contributed by atoms with Crippen molar-refractivity contribution in [3.05, 3.63) is 114 Å². The molecule has 0 aliphatic carbocycles. The van der Waals surface area contributed by atoms with Crippen molar-refractivity contribution < 1.29 is 17.9 Å². The molecule has 0 aromatic heterocycles. The van der Waals surface area contributed by atoms with E-state index in [0.717, 1.165) is 22.4 Å². The van der Waals surface area contributed by atoms with E-state index < -0.39 is 9.84 Å². The normalized spacial score (nSPS) is 13.9. The summed E-state index contributed by atoms with van der Waals surface area (Å²) in [5, 5.41) is 0. The molecule has 4 aromatic carbocycles. The van der Waals surface area contributed by atoms with Gasteiger partial charge in [0.05, 0.1) is 9.79 Å². The molecule has 0 fully saturated rings. The molecular formula is C35H41NO4S. The Kier molecular flexibility index (Phi) is 8.40. The minimum Gasteiger partial charge on any atom is -0.488 e. The summed E-state index contributed by atoms with van der Waals surface area (Å²) in [4.78, 5) is 0.496.